The first-order chi connectivity index (χ1) is 11.6. The van der Waals surface area contributed by atoms with E-state index in [-0.39, 0.29) is 0 Å². The Morgan fingerprint density at radius 1 is 1.17 bits per heavy atom. The number of aryl methyl sites for hydroxylation is 1. The maximum absolute atomic E-state index is 11.4. The predicted molar refractivity (Wildman–Crippen MR) is 99.4 cm³/mol. The number of benzene rings is 2. The summed E-state index contributed by atoms with van der Waals surface area (Å²) in [6, 6.07) is 17.9. The molecule has 0 saturated heterocycles. The van der Waals surface area contributed by atoms with E-state index in [4.69, 9.17) is 4.74 Å². The van der Waals surface area contributed by atoms with Crippen LogP contribution in [0.15, 0.2) is 65.6 Å². The molecular weight excluding hydrogens is 320 g/mol. The lowest BCUT2D eigenvalue weighted by molar-refractivity contribution is -0.136. The van der Waals surface area contributed by atoms with Gasteiger partial charge >= 0.3 is 5.97 Å². The van der Waals surface area contributed by atoms with Crippen molar-refractivity contribution in [1.82, 2.24) is 0 Å². The summed E-state index contributed by atoms with van der Waals surface area (Å²) in [6.07, 6.45) is 4.42. The number of carboxylic acid groups (broad SMARTS) is 1. The molecule has 2 aromatic rings. The number of rotatable bonds is 9. The van der Waals surface area contributed by atoms with Crippen molar-refractivity contribution in [2.75, 3.05) is 13.2 Å². The molecule has 0 aliphatic rings. The van der Waals surface area contributed by atoms with Crippen molar-refractivity contribution in [2.45, 2.75) is 23.5 Å². The van der Waals surface area contributed by atoms with Gasteiger partial charge in [-0.25, -0.2) is 0 Å². The standard InChI is InChI=1S/C20H22O3S/c1-16-9-11-18(12-10-16)24-19(20(21)22)13-15-23-14-5-8-17-6-3-2-4-7-17/h2-12,19H,13-15H2,1H3,(H,21,22)/b8-5+. The predicted octanol–water partition coefficient (Wildman–Crippen LogP) is 4.66. The van der Waals surface area contributed by atoms with Crippen LogP contribution in [0.4, 0.5) is 0 Å². The number of hydrogen-bond acceptors (Lipinski definition) is 3. The summed E-state index contributed by atoms with van der Waals surface area (Å²) in [7, 11) is 0. The summed E-state index contributed by atoms with van der Waals surface area (Å²) in [5.74, 6) is -0.802. The molecule has 126 valence electrons. The van der Waals surface area contributed by atoms with E-state index in [1.165, 1.54) is 17.3 Å². The largest absolute Gasteiger partial charge is 0.480 e. The Kier molecular flexibility index (Phi) is 7.59. The lowest BCUT2D eigenvalue weighted by atomic mass is 10.2. The van der Waals surface area contributed by atoms with Crippen LogP contribution >= 0.6 is 11.8 Å². The van der Waals surface area contributed by atoms with Gasteiger partial charge < -0.3 is 9.84 Å². The van der Waals surface area contributed by atoms with Gasteiger partial charge in [-0.2, -0.15) is 0 Å². The van der Waals surface area contributed by atoms with Crippen LogP contribution in [0.1, 0.15) is 17.5 Å². The number of thioether (sulfide) groups is 1. The monoisotopic (exact) mass is 342 g/mol. The minimum atomic E-state index is -0.802. The number of hydrogen-bond donors (Lipinski definition) is 1. The highest BCUT2D eigenvalue weighted by molar-refractivity contribution is 8.00. The topological polar surface area (TPSA) is 46.5 Å². The highest BCUT2D eigenvalue weighted by atomic mass is 32.2. The van der Waals surface area contributed by atoms with Crippen molar-refractivity contribution in [3.05, 3.63) is 71.8 Å². The van der Waals surface area contributed by atoms with E-state index in [1.807, 2.05) is 73.7 Å². The Morgan fingerprint density at radius 3 is 2.54 bits per heavy atom. The maximum Gasteiger partial charge on any atom is 0.317 e. The first kappa shape index (κ1) is 18.3. The van der Waals surface area contributed by atoms with Gasteiger partial charge in [0.05, 0.1) is 6.61 Å². The second-order valence-corrected chi connectivity index (χ2v) is 6.71. The molecule has 0 radical (unpaired) electrons. The first-order valence-corrected chi connectivity index (χ1v) is 8.78. The normalized spacial score (nSPS) is 12.4. The molecule has 1 unspecified atom stereocenters. The fourth-order valence-electron chi connectivity index (χ4n) is 2.10. The minimum absolute atomic E-state index is 0.426. The Morgan fingerprint density at radius 2 is 1.88 bits per heavy atom. The molecule has 2 aromatic carbocycles. The van der Waals surface area contributed by atoms with Crippen LogP contribution < -0.4 is 0 Å². The highest BCUT2D eigenvalue weighted by Crippen LogP contribution is 2.26. The summed E-state index contributed by atoms with van der Waals surface area (Å²) in [6.45, 7) is 2.92. The van der Waals surface area contributed by atoms with Crippen molar-refractivity contribution in [1.29, 1.82) is 0 Å². The van der Waals surface area contributed by atoms with Crippen molar-refractivity contribution in [3.63, 3.8) is 0 Å². The molecular formula is C20H22O3S. The third kappa shape index (κ3) is 6.60. The van der Waals surface area contributed by atoms with Crippen LogP contribution in [-0.2, 0) is 9.53 Å². The van der Waals surface area contributed by atoms with Gasteiger partial charge in [0.2, 0.25) is 0 Å². The van der Waals surface area contributed by atoms with Crippen LogP contribution in [-0.4, -0.2) is 29.5 Å². The summed E-state index contributed by atoms with van der Waals surface area (Å²) in [5.41, 5.74) is 2.29. The number of carbonyl (C=O) groups is 1. The summed E-state index contributed by atoms with van der Waals surface area (Å²) < 4.78 is 5.53. The molecule has 0 aliphatic carbocycles. The van der Waals surface area contributed by atoms with Gasteiger partial charge in [0, 0.05) is 11.5 Å². The molecule has 0 heterocycles. The van der Waals surface area contributed by atoms with Gasteiger partial charge in [-0.3, -0.25) is 4.79 Å². The van der Waals surface area contributed by atoms with Crippen molar-refractivity contribution in [2.24, 2.45) is 0 Å². The van der Waals surface area contributed by atoms with E-state index < -0.39 is 11.2 Å². The summed E-state index contributed by atoms with van der Waals surface area (Å²) in [4.78, 5) is 12.4. The van der Waals surface area contributed by atoms with Crippen molar-refractivity contribution >= 4 is 23.8 Å². The fraction of sp³-hybridized carbons (Fsp3) is 0.250. The second-order valence-electron chi connectivity index (χ2n) is 5.43. The highest BCUT2D eigenvalue weighted by Gasteiger charge is 2.18. The molecule has 0 aliphatic heterocycles. The molecule has 24 heavy (non-hydrogen) atoms. The Hall–Kier alpha value is -2.04. The molecule has 3 nitrogen and oxygen atoms in total. The minimum Gasteiger partial charge on any atom is -0.480 e. The smallest absolute Gasteiger partial charge is 0.317 e. The van der Waals surface area contributed by atoms with E-state index in [1.54, 1.807) is 0 Å². The number of ether oxygens (including phenoxy) is 1. The zero-order chi connectivity index (χ0) is 17.2. The van der Waals surface area contributed by atoms with E-state index in [0.29, 0.717) is 19.6 Å². The van der Waals surface area contributed by atoms with E-state index in [2.05, 4.69) is 0 Å². The summed E-state index contributed by atoms with van der Waals surface area (Å²) >= 11 is 1.37. The zero-order valence-corrected chi connectivity index (χ0v) is 14.5. The lowest BCUT2D eigenvalue weighted by Gasteiger charge is -2.12. The van der Waals surface area contributed by atoms with Crippen LogP contribution in [0, 0.1) is 6.92 Å². The average molecular weight is 342 g/mol. The molecule has 0 aromatic heterocycles. The fourth-order valence-corrected chi connectivity index (χ4v) is 3.04. The van der Waals surface area contributed by atoms with Crippen molar-refractivity contribution in [3.8, 4) is 0 Å². The number of aliphatic carboxylic acids is 1. The van der Waals surface area contributed by atoms with Gasteiger partial charge in [0.1, 0.15) is 5.25 Å². The SMILES string of the molecule is Cc1ccc(SC(CCOC/C=C/c2ccccc2)C(=O)O)cc1. The molecule has 0 amide bonds. The van der Waals surface area contributed by atoms with Crippen LogP contribution in [0.25, 0.3) is 6.08 Å². The van der Waals surface area contributed by atoms with Crippen LogP contribution in [0.3, 0.4) is 0 Å². The molecule has 0 bridgehead atoms. The van der Waals surface area contributed by atoms with Crippen molar-refractivity contribution < 1.29 is 14.6 Å². The third-order valence-electron chi connectivity index (χ3n) is 3.42. The quantitative estimate of drug-likeness (QED) is 0.532. The molecule has 0 saturated carbocycles. The Balaban J connectivity index is 1.72. The third-order valence-corrected chi connectivity index (χ3v) is 4.69. The molecule has 1 atom stereocenters. The van der Waals surface area contributed by atoms with Gasteiger partial charge in [-0.15, -0.1) is 11.8 Å². The number of carboxylic acids is 1. The maximum atomic E-state index is 11.4. The van der Waals surface area contributed by atoms with Crippen LogP contribution in [0.2, 0.25) is 0 Å². The second kappa shape index (κ2) is 9.96. The van der Waals surface area contributed by atoms with E-state index in [9.17, 15) is 9.90 Å². The molecule has 1 N–H and O–H groups in total. The summed E-state index contributed by atoms with van der Waals surface area (Å²) in [5, 5.41) is 8.86. The molecule has 0 fully saturated rings. The van der Waals surface area contributed by atoms with Gasteiger partial charge in [-0.1, -0.05) is 60.2 Å². The molecule has 0 spiro atoms. The van der Waals surface area contributed by atoms with Gasteiger partial charge in [0.15, 0.2) is 0 Å². The first-order valence-electron chi connectivity index (χ1n) is 7.90. The Bertz CT molecular complexity index is 650. The zero-order valence-electron chi connectivity index (χ0n) is 13.7. The van der Waals surface area contributed by atoms with Gasteiger partial charge in [0.25, 0.3) is 0 Å². The Labute approximate surface area is 147 Å². The van der Waals surface area contributed by atoms with E-state index >= 15 is 0 Å². The molecule has 4 heteroatoms. The van der Waals surface area contributed by atoms with Crippen LogP contribution in [0.5, 0.6) is 0 Å². The lowest BCUT2D eigenvalue weighted by Crippen LogP contribution is -2.18. The van der Waals surface area contributed by atoms with E-state index in [0.717, 1.165) is 10.5 Å². The van der Waals surface area contributed by atoms with Gasteiger partial charge in [-0.05, 0) is 31.0 Å². The average Bonchev–Trinajstić information content (AvgIpc) is 2.59. The molecule has 2 rings (SSSR count).